The Morgan fingerprint density at radius 3 is 2.59 bits per heavy atom. The molecule has 0 radical (unpaired) electrons. The van der Waals surface area contributed by atoms with Gasteiger partial charge < -0.3 is 4.98 Å². The lowest BCUT2D eigenvalue weighted by molar-refractivity contribution is 0.319. The molecule has 10 heteroatoms. The summed E-state index contributed by atoms with van der Waals surface area (Å²) in [6.07, 6.45) is 5.02. The van der Waals surface area contributed by atoms with Crippen LogP contribution in [-0.2, 0) is 0 Å². The van der Waals surface area contributed by atoms with E-state index in [-0.39, 0.29) is 28.6 Å². The van der Waals surface area contributed by atoms with Gasteiger partial charge in [0.15, 0.2) is 23.0 Å². The molecule has 32 heavy (non-hydrogen) atoms. The van der Waals surface area contributed by atoms with Crippen molar-refractivity contribution in [2.24, 2.45) is 0 Å². The summed E-state index contributed by atoms with van der Waals surface area (Å²) in [6, 6.07) is 6.61. The lowest BCUT2D eigenvalue weighted by atomic mass is 9.72. The first kappa shape index (κ1) is 19.9. The molecular weight excluding hydrogens is 416 g/mol. The van der Waals surface area contributed by atoms with Crippen LogP contribution in [0.5, 0.6) is 0 Å². The van der Waals surface area contributed by atoms with Crippen LogP contribution in [0, 0.1) is 23.0 Å². The van der Waals surface area contributed by atoms with E-state index in [1.54, 1.807) is 25.4 Å². The number of rotatable bonds is 4. The van der Waals surface area contributed by atoms with Gasteiger partial charge in [0.25, 0.3) is 5.56 Å². The Kier molecular flexibility index (Phi) is 4.74. The maximum atomic E-state index is 13.8. The van der Waals surface area contributed by atoms with Gasteiger partial charge in [0.1, 0.15) is 23.1 Å². The third-order valence-corrected chi connectivity index (χ3v) is 6.02. The van der Waals surface area contributed by atoms with Crippen LogP contribution >= 0.6 is 0 Å². The molecule has 1 aromatic carbocycles. The van der Waals surface area contributed by atoms with Crippen LogP contribution in [0.1, 0.15) is 60.5 Å². The van der Waals surface area contributed by atoms with Gasteiger partial charge in [-0.15, -0.1) is 0 Å². The molecule has 0 unspecified atom stereocenters. The van der Waals surface area contributed by atoms with Crippen molar-refractivity contribution in [1.29, 1.82) is 5.26 Å². The number of hydrogen-bond donors (Lipinski definition) is 1. The molecule has 1 saturated carbocycles. The normalized spacial score (nSPS) is 18.8. The quantitative estimate of drug-likeness (QED) is 0.528. The largest absolute Gasteiger partial charge is 0.310 e. The van der Waals surface area contributed by atoms with E-state index in [9.17, 15) is 18.8 Å². The molecule has 3 heterocycles. The second-order valence-corrected chi connectivity index (χ2v) is 7.80. The highest BCUT2D eigenvalue weighted by molar-refractivity contribution is 5.80. The van der Waals surface area contributed by atoms with Crippen molar-refractivity contribution in [3.63, 3.8) is 0 Å². The zero-order valence-electron chi connectivity index (χ0n) is 17.0. The van der Waals surface area contributed by atoms with Gasteiger partial charge in [0, 0.05) is 24.2 Å². The number of nitriles is 1. The van der Waals surface area contributed by atoms with Crippen molar-refractivity contribution >= 4 is 11.0 Å². The van der Waals surface area contributed by atoms with Crippen molar-refractivity contribution in [2.75, 3.05) is 0 Å². The highest BCUT2D eigenvalue weighted by Gasteiger charge is 2.37. The summed E-state index contributed by atoms with van der Waals surface area (Å²) in [5.41, 5.74) is 0.106. The van der Waals surface area contributed by atoms with Gasteiger partial charge in [0.2, 0.25) is 0 Å². The van der Waals surface area contributed by atoms with Crippen LogP contribution in [0.25, 0.3) is 11.0 Å². The fourth-order valence-electron chi connectivity index (χ4n) is 4.14. The first-order chi connectivity index (χ1) is 15.5. The van der Waals surface area contributed by atoms with Gasteiger partial charge >= 0.3 is 0 Å². The summed E-state index contributed by atoms with van der Waals surface area (Å²) in [6.45, 7) is 1.72. The molecule has 1 fully saturated rings. The van der Waals surface area contributed by atoms with E-state index in [1.807, 2.05) is 6.07 Å². The molecule has 1 N–H and O–H groups in total. The predicted octanol–water partition coefficient (Wildman–Crippen LogP) is 3.33. The Hall–Kier alpha value is -4.00. The highest BCUT2D eigenvalue weighted by atomic mass is 19.2. The molecular formula is C22H17F2N7O. The van der Waals surface area contributed by atoms with Gasteiger partial charge in [0.05, 0.1) is 6.04 Å². The molecule has 3 atom stereocenters. The molecule has 160 valence electrons. The minimum Gasteiger partial charge on any atom is -0.310 e. The maximum Gasteiger partial charge on any atom is 0.263 e. The molecule has 1 aliphatic carbocycles. The highest BCUT2D eigenvalue weighted by Crippen LogP contribution is 2.46. The third-order valence-electron chi connectivity index (χ3n) is 6.02. The maximum absolute atomic E-state index is 13.8. The summed E-state index contributed by atoms with van der Waals surface area (Å²) in [5, 5.41) is 13.8. The monoisotopic (exact) mass is 433 g/mol. The number of aromatic amines is 1. The number of benzene rings is 1. The third kappa shape index (κ3) is 3.13. The molecule has 5 rings (SSSR count). The zero-order valence-corrected chi connectivity index (χ0v) is 17.0. The molecule has 0 saturated heterocycles. The second kappa shape index (κ2) is 7.60. The van der Waals surface area contributed by atoms with Crippen molar-refractivity contribution in [3.05, 3.63) is 81.6 Å². The van der Waals surface area contributed by atoms with E-state index >= 15 is 0 Å². The standard InChI is InChI=1S/C22H17F2N7O/c1-11(12-3-6-15(23)16(24)9-12)31-21-18(17(10-25)30-31)22(32)29-20(28-21)14-5-4-13(14)19-26-7-2-8-27-19/h2-3,6-9,11,13-14H,4-5H2,1H3,(H,28,29,32)/t11-,13+,14+/m1/s1. The average Bonchev–Trinajstić information content (AvgIpc) is 3.14. The van der Waals surface area contributed by atoms with Gasteiger partial charge in [-0.3, -0.25) is 4.79 Å². The summed E-state index contributed by atoms with van der Waals surface area (Å²) in [7, 11) is 0. The number of aromatic nitrogens is 6. The molecule has 0 aliphatic heterocycles. The molecule has 0 amide bonds. The molecule has 3 aromatic heterocycles. The minimum absolute atomic E-state index is 0.0206. The topological polar surface area (TPSA) is 113 Å². The summed E-state index contributed by atoms with van der Waals surface area (Å²) in [5.74, 6) is -0.852. The number of hydrogen-bond acceptors (Lipinski definition) is 6. The predicted molar refractivity (Wildman–Crippen MR) is 110 cm³/mol. The summed E-state index contributed by atoms with van der Waals surface area (Å²) < 4.78 is 28.6. The Balaban J connectivity index is 1.62. The molecule has 0 bridgehead atoms. The number of nitrogens with one attached hydrogen (secondary N) is 1. The Labute approximate surface area is 180 Å². The van der Waals surface area contributed by atoms with Gasteiger partial charge in [-0.1, -0.05) is 6.07 Å². The SMILES string of the molecule is C[C@H](c1ccc(F)c(F)c1)n1nc(C#N)c2c(=O)[nH]c([C@H]3CC[C@@H]3c3ncccn3)nc21. The van der Waals surface area contributed by atoms with Crippen LogP contribution in [0.3, 0.4) is 0 Å². The molecule has 8 nitrogen and oxygen atoms in total. The van der Waals surface area contributed by atoms with Gasteiger partial charge in [-0.2, -0.15) is 10.4 Å². The first-order valence-corrected chi connectivity index (χ1v) is 10.1. The number of halogens is 2. The van der Waals surface area contributed by atoms with Crippen LogP contribution in [0.2, 0.25) is 0 Å². The first-order valence-electron chi connectivity index (χ1n) is 10.1. The zero-order chi connectivity index (χ0) is 22.4. The smallest absolute Gasteiger partial charge is 0.263 e. The Bertz CT molecular complexity index is 1420. The van der Waals surface area contributed by atoms with E-state index in [0.29, 0.717) is 17.2 Å². The Morgan fingerprint density at radius 1 is 1.19 bits per heavy atom. The van der Waals surface area contributed by atoms with Crippen LogP contribution in [0.15, 0.2) is 41.5 Å². The second-order valence-electron chi connectivity index (χ2n) is 7.80. The van der Waals surface area contributed by atoms with Crippen molar-refractivity contribution in [2.45, 2.75) is 37.6 Å². The van der Waals surface area contributed by atoms with E-state index < -0.39 is 23.2 Å². The van der Waals surface area contributed by atoms with Crippen LogP contribution < -0.4 is 5.56 Å². The average molecular weight is 433 g/mol. The van der Waals surface area contributed by atoms with Crippen molar-refractivity contribution < 1.29 is 8.78 Å². The number of H-pyrrole nitrogens is 1. The number of fused-ring (bicyclic) bond motifs is 1. The van der Waals surface area contributed by atoms with E-state index in [4.69, 9.17) is 0 Å². The molecule has 0 spiro atoms. The van der Waals surface area contributed by atoms with Gasteiger partial charge in [-0.05, 0) is 43.5 Å². The number of nitrogens with zero attached hydrogens (tertiary/aromatic N) is 6. The molecule has 4 aromatic rings. The van der Waals surface area contributed by atoms with Crippen LogP contribution in [-0.4, -0.2) is 29.7 Å². The summed E-state index contributed by atoms with van der Waals surface area (Å²) >= 11 is 0. The van der Waals surface area contributed by atoms with Gasteiger partial charge in [-0.25, -0.2) is 28.4 Å². The fraction of sp³-hybridized carbons (Fsp3) is 0.273. The van der Waals surface area contributed by atoms with E-state index in [2.05, 4.69) is 25.0 Å². The minimum atomic E-state index is -0.988. The lowest BCUT2D eigenvalue weighted by Crippen LogP contribution is -2.28. The summed E-state index contributed by atoms with van der Waals surface area (Å²) in [4.78, 5) is 29.0. The van der Waals surface area contributed by atoms with E-state index in [1.165, 1.54) is 10.7 Å². The van der Waals surface area contributed by atoms with Crippen molar-refractivity contribution in [3.8, 4) is 6.07 Å². The molecule has 1 aliphatic rings. The lowest BCUT2D eigenvalue weighted by Gasteiger charge is -2.34. The van der Waals surface area contributed by atoms with Crippen LogP contribution in [0.4, 0.5) is 8.78 Å². The van der Waals surface area contributed by atoms with Crippen molar-refractivity contribution in [1.82, 2.24) is 29.7 Å². The fourth-order valence-corrected chi connectivity index (χ4v) is 4.14. The Morgan fingerprint density at radius 2 is 1.94 bits per heavy atom. The van der Waals surface area contributed by atoms with E-state index in [0.717, 1.165) is 25.0 Å².